The fourth-order valence-electron chi connectivity index (χ4n) is 5.43. The van der Waals surface area contributed by atoms with Gasteiger partial charge >= 0.3 is 0 Å². The molecule has 0 spiro atoms. The zero-order valence-electron chi connectivity index (χ0n) is 20.9. The van der Waals surface area contributed by atoms with Crippen LogP contribution in [0.4, 0.5) is 5.95 Å². The number of rotatable bonds is 5. The number of aryl methyl sites for hydroxylation is 2. The smallest absolute Gasteiger partial charge is 0.222 e. The van der Waals surface area contributed by atoms with Crippen LogP contribution in [-0.4, -0.2) is 63.3 Å². The molecule has 0 saturated carbocycles. The van der Waals surface area contributed by atoms with Gasteiger partial charge in [-0.25, -0.2) is 4.98 Å². The molecule has 36 heavy (non-hydrogen) atoms. The zero-order valence-corrected chi connectivity index (χ0v) is 20.9. The Labute approximate surface area is 209 Å². The first-order chi connectivity index (χ1) is 17.6. The summed E-state index contributed by atoms with van der Waals surface area (Å²) in [4.78, 5) is 26.5. The molecule has 0 aliphatic carbocycles. The number of aromatic nitrogens is 4. The van der Waals surface area contributed by atoms with E-state index in [1.165, 1.54) is 0 Å². The number of carbonyl (C=O) groups is 1. The van der Waals surface area contributed by atoms with Gasteiger partial charge in [-0.15, -0.1) is 0 Å². The summed E-state index contributed by atoms with van der Waals surface area (Å²) in [6.07, 6.45) is 3.29. The Bertz CT molecular complexity index is 1400. The highest BCUT2D eigenvalue weighted by Gasteiger charge is 2.34. The van der Waals surface area contributed by atoms with E-state index in [9.17, 15) is 4.79 Å². The summed E-state index contributed by atoms with van der Waals surface area (Å²) in [7, 11) is 0. The molecule has 1 amide bonds. The molecule has 4 aromatic rings. The molecule has 1 saturated heterocycles. The molecule has 1 aromatic carbocycles. The van der Waals surface area contributed by atoms with Crippen LogP contribution in [0.2, 0.25) is 0 Å². The fraction of sp³-hybridized carbons (Fsp3) is 0.407. The van der Waals surface area contributed by atoms with Crippen LogP contribution in [-0.2, 0) is 4.79 Å². The van der Waals surface area contributed by atoms with Crippen molar-refractivity contribution in [3.05, 3.63) is 53.7 Å². The monoisotopic (exact) mass is 486 g/mol. The summed E-state index contributed by atoms with van der Waals surface area (Å²) >= 11 is 0. The topological polar surface area (TPSA) is 89.5 Å². The molecular formula is C27H30N6O3. The molecule has 6 rings (SSSR count). The van der Waals surface area contributed by atoms with Gasteiger partial charge in [0.15, 0.2) is 5.75 Å². The van der Waals surface area contributed by atoms with E-state index in [1.807, 2.05) is 62.2 Å². The molecule has 0 radical (unpaired) electrons. The fourth-order valence-corrected chi connectivity index (χ4v) is 5.43. The molecule has 1 fully saturated rings. The highest BCUT2D eigenvalue weighted by Crippen LogP contribution is 2.45. The number of anilines is 1. The number of imidazole rings is 1. The van der Waals surface area contributed by atoms with Crippen molar-refractivity contribution in [3.8, 4) is 16.9 Å². The van der Waals surface area contributed by atoms with Crippen molar-refractivity contribution < 1.29 is 14.1 Å². The number of pyridine rings is 1. The third-order valence-electron chi connectivity index (χ3n) is 7.20. The molecule has 9 heteroatoms. The van der Waals surface area contributed by atoms with Crippen LogP contribution in [0, 0.1) is 13.8 Å². The second kappa shape index (κ2) is 8.96. The van der Waals surface area contributed by atoms with Crippen molar-refractivity contribution in [2.45, 2.75) is 39.7 Å². The van der Waals surface area contributed by atoms with E-state index in [1.54, 1.807) is 0 Å². The Kier molecular flexibility index (Phi) is 5.62. The predicted molar refractivity (Wildman–Crippen MR) is 136 cm³/mol. The minimum absolute atomic E-state index is 0.113. The van der Waals surface area contributed by atoms with Crippen LogP contribution in [0.1, 0.15) is 43.0 Å². The molecular weight excluding hydrogens is 456 g/mol. The van der Waals surface area contributed by atoms with Crippen molar-refractivity contribution in [1.82, 2.24) is 24.6 Å². The lowest BCUT2D eigenvalue weighted by atomic mass is 10.0. The van der Waals surface area contributed by atoms with Crippen LogP contribution in [0.25, 0.3) is 22.2 Å². The maximum Gasteiger partial charge on any atom is 0.222 e. The minimum atomic E-state index is -0.113. The van der Waals surface area contributed by atoms with Crippen LogP contribution >= 0.6 is 0 Å². The minimum Gasteiger partial charge on any atom is -0.488 e. The van der Waals surface area contributed by atoms with Crippen molar-refractivity contribution in [1.29, 1.82) is 0 Å². The van der Waals surface area contributed by atoms with Gasteiger partial charge in [0.25, 0.3) is 0 Å². The lowest BCUT2D eigenvalue weighted by molar-refractivity contribution is -0.131. The van der Waals surface area contributed by atoms with E-state index < -0.39 is 0 Å². The van der Waals surface area contributed by atoms with Gasteiger partial charge in [0, 0.05) is 44.4 Å². The summed E-state index contributed by atoms with van der Waals surface area (Å²) in [5.74, 6) is 2.68. The van der Waals surface area contributed by atoms with Gasteiger partial charge in [-0.3, -0.25) is 14.3 Å². The highest BCUT2D eigenvalue weighted by atomic mass is 16.5. The molecule has 0 N–H and O–H groups in total. The first-order valence-electron chi connectivity index (χ1n) is 12.6. The Morgan fingerprint density at radius 2 is 1.94 bits per heavy atom. The molecule has 1 atom stereocenters. The largest absolute Gasteiger partial charge is 0.488 e. The number of carbonyl (C=O) groups excluding carboxylic acids is 1. The lowest BCUT2D eigenvalue weighted by Gasteiger charge is -2.37. The molecule has 5 heterocycles. The zero-order chi connectivity index (χ0) is 24.8. The molecule has 186 valence electrons. The first-order valence-corrected chi connectivity index (χ1v) is 12.6. The summed E-state index contributed by atoms with van der Waals surface area (Å²) in [5.41, 5.74) is 5.51. The van der Waals surface area contributed by atoms with Crippen LogP contribution in [0.15, 0.2) is 41.1 Å². The molecule has 2 aliphatic heterocycles. The van der Waals surface area contributed by atoms with Crippen LogP contribution < -0.4 is 9.64 Å². The van der Waals surface area contributed by atoms with E-state index in [4.69, 9.17) is 14.2 Å². The van der Waals surface area contributed by atoms with Gasteiger partial charge in [-0.05, 0) is 44.5 Å². The molecule has 3 aromatic heterocycles. The third kappa shape index (κ3) is 3.61. The van der Waals surface area contributed by atoms with E-state index in [0.29, 0.717) is 26.1 Å². The highest BCUT2D eigenvalue weighted by molar-refractivity contribution is 5.94. The Morgan fingerprint density at radius 3 is 2.64 bits per heavy atom. The lowest BCUT2D eigenvalue weighted by Crippen LogP contribution is -2.49. The summed E-state index contributed by atoms with van der Waals surface area (Å²) in [6, 6.07) is 9.95. The van der Waals surface area contributed by atoms with E-state index >= 15 is 0 Å². The van der Waals surface area contributed by atoms with E-state index in [-0.39, 0.29) is 11.9 Å². The van der Waals surface area contributed by atoms with Gasteiger partial charge < -0.3 is 19.1 Å². The number of benzene rings is 1. The molecule has 0 bridgehead atoms. The maximum atomic E-state index is 12.5. The van der Waals surface area contributed by atoms with Crippen LogP contribution in [0.5, 0.6) is 5.75 Å². The number of hydrogen-bond donors (Lipinski definition) is 0. The molecule has 2 aliphatic rings. The van der Waals surface area contributed by atoms with Gasteiger partial charge in [0.2, 0.25) is 11.9 Å². The van der Waals surface area contributed by atoms with E-state index in [0.717, 1.165) is 70.5 Å². The average Bonchev–Trinajstić information content (AvgIpc) is 3.46. The second-order valence-electron chi connectivity index (χ2n) is 9.49. The Morgan fingerprint density at radius 1 is 1.11 bits per heavy atom. The van der Waals surface area contributed by atoms with Crippen molar-refractivity contribution in [2.75, 3.05) is 37.7 Å². The number of nitrogens with zero attached hydrogens (tertiary/aromatic N) is 6. The number of amides is 1. The van der Waals surface area contributed by atoms with Crippen LogP contribution in [0.3, 0.4) is 0 Å². The third-order valence-corrected chi connectivity index (χ3v) is 7.20. The quantitative estimate of drug-likeness (QED) is 0.419. The molecule has 9 nitrogen and oxygen atoms in total. The second-order valence-corrected chi connectivity index (χ2v) is 9.49. The Balaban J connectivity index is 1.47. The van der Waals surface area contributed by atoms with E-state index in [2.05, 4.69) is 19.6 Å². The van der Waals surface area contributed by atoms with Crippen molar-refractivity contribution >= 4 is 22.9 Å². The predicted octanol–water partition coefficient (Wildman–Crippen LogP) is 4.13. The normalized spacial score (nSPS) is 17.5. The first kappa shape index (κ1) is 22.6. The molecule has 0 unspecified atom stereocenters. The number of hydrogen-bond acceptors (Lipinski definition) is 7. The summed E-state index contributed by atoms with van der Waals surface area (Å²) in [6.45, 7) is 9.23. The summed E-state index contributed by atoms with van der Waals surface area (Å²) in [5, 5.41) is 4.16. The summed E-state index contributed by atoms with van der Waals surface area (Å²) < 4.78 is 14.2. The van der Waals surface area contributed by atoms with Gasteiger partial charge in [0.05, 0.1) is 22.5 Å². The SMILES string of the molecule is CCCC(=O)N1CCN(c2nc3ccc(-c4c(C)noc4C)c4c3n2[C@@H](c2ccccn2)CO4)CC1. The number of piperazine rings is 1. The average molecular weight is 487 g/mol. The number of ether oxygens (including phenoxy) is 1. The maximum absolute atomic E-state index is 12.5. The Hall–Kier alpha value is -3.88. The van der Waals surface area contributed by atoms with Gasteiger partial charge in [0.1, 0.15) is 23.9 Å². The van der Waals surface area contributed by atoms with Gasteiger partial charge in [-0.1, -0.05) is 18.1 Å². The standard InChI is InChI=1S/C27H30N6O3/c1-4-7-23(34)31-12-14-32(15-13-31)27-29-21-10-9-19(24-17(2)30-36-18(24)3)26-25(21)33(27)22(16-35-26)20-8-5-6-11-28-20/h5-6,8-11,22H,4,7,12-16H2,1-3H3/t22-/m1/s1. The van der Waals surface area contributed by atoms with Crippen molar-refractivity contribution in [3.63, 3.8) is 0 Å². The van der Waals surface area contributed by atoms with Crippen molar-refractivity contribution in [2.24, 2.45) is 0 Å². The van der Waals surface area contributed by atoms with Gasteiger partial charge in [-0.2, -0.15) is 0 Å².